The maximum atomic E-state index is 13.6. The molecular formula is C10H11FN2O2. The zero-order chi connectivity index (χ0) is 11.0. The van der Waals surface area contributed by atoms with Crippen LogP contribution in [0.1, 0.15) is 12.0 Å². The summed E-state index contributed by atoms with van der Waals surface area (Å²) in [6.07, 6.45) is 0.814. The van der Waals surface area contributed by atoms with Crippen LogP contribution in [0.4, 0.5) is 15.8 Å². The number of rotatable bonds is 1. The molecule has 0 aromatic heterocycles. The van der Waals surface area contributed by atoms with Crippen molar-refractivity contribution < 1.29 is 13.9 Å². The number of carbonyl (C=O) groups excluding carboxylic acids is 1. The molecule has 0 atom stereocenters. The zero-order valence-corrected chi connectivity index (χ0v) is 8.26. The Bertz CT molecular complexity index is 432. The Labute approximate surface area is 86.2 Å². The smallest absolute Gasteiger partial charge is 0.224 e. The summed E-state index contributed by atoms with van der Waals surface area (Å²) in [4.78, 5) is 11.1. The number of ether oxygens (including phenoxy) is 1. The van der Waals surface area contributed by atoms with Crippen molar-refractivity contribution in [3.63, 3.8) is 0 Å². The van der Waals surface area contributed by atoms with E-state index >= 15 is 0 Å². The molecule has 15 heavy (non-hydrogen) atoms. The van der Waals surface area contributed by atoms with Crippen molar-refractivity contribution in [1.82, 2.24) is 0 Å². The highest BCUT2D eigenvalue weighted by atomic mass is 19.1. The third-order valence-corrected chi connectivity index (χ3v) is 2.45. The quantitative estimate of drug-likeness (QED) is 0.687. The molecule has 1 amide bonds. The number of hydrogen-bond donors (Lipinski definition) is 2. The summed E-state index contributed by atoms with van der Waals surface area (Å²) < 4.78 is 18.7. The number of benzene rings is 1. The molecule has 0 saturated heterocycles. The summed E-state index contributed by atoms with van der Waals surface area (Å²) in [5, 5.41) is 2.47. The number of anilines is 2. The van der Waals surface area contributed by atoms with Crippen molar-refractivity contribution in [1.29, 1.82) is 0 Å². The average Bonchev–Trinajstić information content (AvgIpc) is 2.23. The molecule has 0 radical (unpaired) electrons. The number of hydrogen-bond acceptors (Lipinski definition) is 3. The molecule has 1 aromatic rings. The third kappa shape index (κ3) is 1.49. The normalized spacial score (nSPS) is 14.4. The number of nitrogens with one attached hydrogen (secondary N) is 1. The monoisotopic (exact) mass is 210 g/mol. The molecule has 0 fully saturated rings. The van der Waals surface area contributed by atoms with Gasteiger partial charge >= 0.3 is 0 Å². The van der Waals surface area contributed by atoms with Gasteiger partial charge in [0.1, 0.15) is 5.75 Å². The van der Waals surface area contributed by atoms with Crippen LogP contribution < -0.4 is 15.8 Å². The molecule has 80 valence electrons. The molecule has 1 aromatic carbocycles. The molecule has 0 spiro atoms. The van der Waals surface area contributed by atoms with Gasteiger partial charge in [0.05, 0.1) is 18.5 Å². The first-order chi connectivity index (χ1) is 7.13. The topological polar surface area (TPSA) is 64.3 Å². The lowest BCUT2D eigenvalue weighted by Gasteiger charge is -2.20. The highest BCUT2D eigenvalue weighted by molar-refractivity contribution is 5.95. The number of fused-ring (bicyclic) bond motifs is 1. The van der Waals surface area contributed by atoms with E-state index in [1.807, 2.05) is 0 Å². The second-order valence-corrected chi connectivity index (χ2v) is 3.38. The fraction of sp³-hybridized carbons (Fsp3) is 0.300. The van der Waals surface area contributed by atoms with Crippen molar-refractivity contribution in [3.05, 3.63) is 17.4 Å². The Kier molecular flexibility index (Phi) is 2.22. The minimum Gasteiger partial charge on any atom is -0.496 e. The first-order valence-electron chi connectivity index (χ1n) is 4.58. The van der Waals surface area contributed by atoms with E-state index in [0.29, 0.717) is 24.2 Å². The van der Waals surface area contributed by atoms with Crippen molar-refractivity contribution >= 4 is 17.3 Å². The SMILES string of the molecule is COc1cc(N)c(F)c2c1CCC(=O)N2. The molecule has 3 N–H and O–H groups in total. The zero-order valence-electron chi connectivity index (χ0n) is 8.26. The van der Waals surface area contributed by atoms with Crippen LogP contribution in [0.25, 0.3) is 0 Å². The maximum absolute atomic E-state index is 13.6. The standard InChI is InChI=1S/C10H11FN2O2/c1-15-7-4-6(12)9(11)10-5(7)2-3-8(14)13-10/h4H,2-3,12H2,1H3,(H,13,14). The summed E-state index contributed by atoms with van der Waals surface area (Å²) in [6.45, 7) is 0. The Morgan fingerprint density at radius 1 is 1.53 bits per heavy atom. The molecule has 5 heteroatoms. The minimum atomic E-state index is -0.584. The van der Waals surface area contributed by atoms with Gasteiger partial charge in [-0.2, -0.15) is 0 Å². The fourth-order valence-electron chi connectivity index (χ4n) is 1.69. The van der Waals surface area contributed by atoms with E-state index in [-0.39, 0.29) is 17.3 Å². The maximum Gasteiger partial charge on any atom is 0.224 e. The number of halogens is 1. The lowest BCUT2D eigenvalue weighted by atomic mass is 10.0. The van der Waals surface area contributed by atoms with E-state index in [0.717, 1.165) is 0 Å². The van der Waals surface area contributed by atoms with E-state index < -0.39 is 5.82 Å². The lowest BCUT2D eigenvalue weighted by Crippen LogP contribution is -2.21. The first kappa shape index (κ1) is 9.76. The molecule has 1 heterocycles. The summed E-state index contributed by atoms with van der Waals surface area (Å²) >= 11 is 0. The van der Waals surface area contributed by atoms with Crippen molar-refractivity contribution in [3.8, 4) is 5.75 Å². The molecule has 0 unspecified atom stereocenters. The summed E-state index contributed by atoms with van der Waals surface area (Å²) in [6, 6.07) is 1.44. The van der Waals surface area contributed by atoms with Crippen molar-refractivity contribution in [2.24, 2.45) is 0 Å². The number of amides is 1. The largest absolute Gasteiger partial charge is 0.496 e. The molecule has 1 aliphatic rings. The predicted octanol–water partition coefficient (Wildman–Crippen LogP) is 1.30. The molecule has 0 aliphatic carbocycles. The first-order valence-corrected chi connectivity index (χ1v) is 4.58. The number of nitrogen functional groups attached to an aromatic ring is 1. The van der Waals surface area contributed by atoms with Gasteiger partial charge in [0, 0.05) is 18.1 Å². The van der Waals surface area contributed by atoms with Gasteiger partial charge in [-0.05, 0) is 6.42 Å². The molecule has 4 nitrogen and oxygen atoms in total. The Hall–Kier alpha value is -1.78. The van der Waals surface area contributed by atoms with Gasteiger partial charge in [-0.15, -0.1) is 0 Å². The molecule has 0 bridgehead atoms. The van der Waals surface area contributed by atoms with Crippen LogP contribution in [0.2, 0.25) is 0 Å². The van der Waals surface area contributed by atoms with Crippen LogP contribution in [0.3, 0.4) is 0 Å². The Morgan fingerprint density at radius 3 is 2.93 bits per heavy atom. The highest BCUT2D eigenvalue weighted by Gasteiger charge is 2.23. The van der Waals surface area contributed by atoms with Crippen LogP contribution in [-0.4, -0.2) is 13.0 Å². The van der Waals surface area contributed by atoms with Crippen LogP contribution >= 0.6 is 0 Å². The highest BCUT2D eigenvalue weighted by Crippen LogP contribution is 2.36. The van der Waals surface area contributed by atoms with Gasteiger partial charge in [0.25, 0.3) is 0 Å². The van der Waals surface area contributed by atoms with Crippen LogP contribution in [0, 0.1) is 5.82 Å². The average molecular weight is 210 g/mol. The summed E-state index contributed by atoms with van der Waals surface area (Å²) in [5.74, 6) is -0.267. The van der Waals surface area contributed by atoms with Gasteiger partial charge in [0.2, 0.25) is 5.91 Å². The molecular weight excluding hydrogens is 199 g/mol. The van der Waals surface area contributed by atoms with Gasteiger partial charge in [-0.3, -0.25) is 4.79 Å². The van der Waals surface area contributed by atoms with E-state index in [2.05, 4.69) is 5.32 Å². The van der Waals surface area contributed by atoms with E-state index in [9.17, 15) is 9.18 Å². The predicted molar refractivity (Wildman–Crippen MR) is 54.3 cm³/mol. The van der Waals surface area contributed by atoms with Crippen molar-refractivity contribution in [2.45, 2.75) is 12.8 Å². The second-order valence-electron chi connectivity index (χ2n) is 3.38. The Balaban J connectivity index is 2.61. The fourth-order valence-corrected chi connectivity index (χ4v) is 1.69. The van der Waals surface area contributed by atoms with E-state index in [1.165, 1.54) is 13.2 Å². The third-order valence-electron chi connectivity index (χ3n) is 2.45. The van der Waals surface area contributed by atoms with E-state index in [1.54, 1.807) is 0 Å². The van der Waals surface area contributed by atoms with E-state index in [4.69, 9.17) is 10.5 Å². The lowest BCUT2D eigenvalue weighted by molar-refractivity contribution is -0.116. The minimum absolute atomic E-state index is 0.0206. The molecule has 0 saturated carbocycles. The second kappa shape index (κ2) is 3.42. The number of nitrogens with two attached hydrogens (primary N) is 1. The van der Waals surface area contributed by atoms with Gasteiger partial charge in [-0.1, -0.05) is 0 Å². The van der Waals surface area contributed by atoms with Gasteiger partial charge in [0.15, 0.2) is 5.82 Å². The van der Waals surface area contributed by atoms with Gasteiger partial charge < -0.3 is 15.8 Å². The molecule has 1 aliphatic heterocycles. The summed E-state index contributed by atoms with van der Waals surface area (Å²) in [7, 11) is 1.49. The molecule has 2 rings (SSSR count). The summed E-state index contributed by atoms with van der Waals surface area (Å²) in [5.41, 5.74) is 6.26. The van der Waals surface area contributed by atoms with Crippen molar-refractivity contribution in [2.75, 3.05) is 18.2 Å². The number of carbonyl (C=O) groups is 1. The van der Waals surface area contributed by atoms with Crippen LogP contribution in [-0.2, 0) is 11.2 Å². The number of methoxy groups -OCH3 is 1. The Morgan fingerprint density at radius 2 is 2.27 bits per heavy atom. The van der Waals surface area contributed by atoms with Gasteiger partial charge in [-0.25, -0.2) is 4.39 Å². The van der Waals surface area contributed by atoms with Crippen LogP contribution in [0.5, 0.6) is 5.75 Å². The van der Waals surface area contributed by atoms with Crippen LogP contribution in [0.15, 0.2) is 6.07 Å².